The van der Waals surface area contributed by atoms with Crippen LogP contribution < -0.4 is 5.32 Å². The lowest BCUT2D eigenvalue weighted by molar-refractivity contribution is 0.635. The lowest BCUT2D eigenvalue weighted by atomic mass is 10.1. The van der Waals surface area contributed by atoms with Crippen LogP contribution in [0.2, 0.25) is 0 Å². The molecule has 0 saturated carbocycles. The van der Waals surface area contributed by atoms with Crippen LogP contribution >= 0.6 is 27.3 Å². The van der Waals surface area contributed by atoms with Crippen molar-refractivity contribution in [1.82, 2.24) is 10.3 Å². The Labute approximate surface area is 114 Å². The fraction of sp³-hybridized carbons (Fsp3) is 0.308. The first kappa shape index (κ1) is 12.7. The van der Waals surface area contributed by atoms with Crippen molar-refractivity contribution in [2.45, 2.75) is 19.9 Å². The summed E-state index contributed by atoms with van der Waals surface area (Å²) in [7, 11) is 0. The maximum absolute atomic E-state index is 4.28. The quantitative estimate of drug-likeness (QED) is 0.926. The molecule has 1 unspecified atom stereocenters. The van der Waals surface area contributed by atoms with E-state index in [4.69, 9.17) is 0 Å². The Bertz CT molecular complexity index is 496. The molecule has 0 aromatic carbocycles. The van der Waals surface area contributed by atoms with Crippen LogP contribution in [-0.2, 0) is 0 Å². The fourth-order valence-corrected chi connectivity index (χ4v) is 3.52. The summed E-state index contributed by atoms with van der Waals surface area (Å²) < 4.78 is 1.16. The standard InChI is InChI=1S/C13H15BrN2S/c1-3-16-12(13-11(14)4-5-17-13)10-6-9(2)7-15-8-10/h4-8,12,16H,3H2,1-2H3. The summed E-state index contributed by atoms with van der Waals surface area (Å²) in [5.41, 5.74) is 2.41. The number of hydrogen-bond donors (Lipinski definition) is 1. The topological polar surface area (TPSA) is 24.9 Å². The van der Waals surface area contributed by atoms with Crippen LogP contribution in [0.4, 0.5) is 0 Å². The van der Waals surface area contributed by atoms with Crippen LogP contribution in [0.1, 0.15) is 29.0 Å². The smallest absolute Gasteiger partial charge is 0.0697 e. The SMILES string of the molecule is CCNC(c1cncc(C)c1)c1sccc1Br. The van der Waals surface area contributed by atoms with Gasteiger partial charge >= 0.3 is 0 Å². The second-order valence-corrected chi connectivity index (χ2v) is 5.72. The molecule has 0 aliphatic heterocycles. The summed E-state index contributed by atoms with van der Waals surface area (Å²) in [6.07, 6.45) is 3.82. The lowest BCUT2D eigenvalue weighted by Crippen LogP contribution is -2.21. The molecule has 0 aliphatic carbocycles. The summed E-state index contributed by atoms with van der Waals surface area (Å²) in [5.74, 6) is 0. The molecule has 2 nitrogen and oxygen atoms in total. The van der Waals surface area contributed by atoms with Crippen LogP contribution in [-0.4, -0.2) is 11.5 Å². The molecule has 2 rings (SSSR count). The predicted octanol–water partition coefficient (Wildman–Crippen LogP) is 3.91. The number of nitrogens with zero attached hydrogens (tertiary/aromatic N) is 1. The molecule has 0 aliphatic rings. The maximum Gasteiger partial charge on any atom is 0.0697 e. The number of pyridine rings is 1. The van der Waals surface area contributed by atoms with Crippen LogP contribution in [0.3, 0.4) is 0 Å². The maximum atomic E-state index is 4.28. The number of halogens is 1. The number of aromatic nitrogens is 1. The van der Waals surface area contributed by atoms with Crippen molar-refractivity contribution in [2.24, 2.45) is 0 Å². The number of thiophene rings is 1. The lowest BCUT2D eigenvalue weighted by Gasteiger charge is -2.17. The van der Waals surface area contributed by atoms with Gasteiger partial charge in [-0.25, -0.2) is 0 Å². The zero-order valence-electron chi connectivity index (χ0n) is 9.90. The Morgan fingerprint density at radius 2 is 2.29 bits per heavy atom. The summed E-state index contributed by atoms with van der Waals surface area (Å²) in [4.78, 5) is 5.58. The van der Waals surface area contributed by atoms with Crippen molar-refractivity contribution >= 4 is 27.3 Å². The van der Waals surface area contributed by atoms with Gasteiger partial charge in [0.1, 0.15) is 0 Å². The minimum absolute atomic E-state index is 0.224. The third kappa shape index (κ3) is 2.94. The summed E-state index contributed by atoms with van der Waals surface area (Å²) in [6, 6.07) is 4.50. The first-order valence-corrected chi connectivity index (χ1v) is 7.27. The Balaban J connectivity index is 2.39. The summed E-state index contributed by atoms with van der Waals surface area (Å²) >= 11 is 5.36. The highest BCUT2D eigenvalue weighted by molar-refractivity contribution is 9.10. The van der Waals surface area contributed by atoms with E-state index in [2.05, 4.69) is 57.6 Å². The zero-order valence-corrected chi connectivity index (χ0v) is 12.3. The number of hydrogen-bond acceptors (Lipinski definition) is 3. The second-order valence-electron chi connectivity index (χ2n) is 3.92. The molecule has 90 valence electrons. The molecule has 17 heavy (non-hydrogen) atoms. The van der Waals surface area contributed by atoms with Gasteiger partial charge in [0.25, 0.3) is 0 Å². The van der Waals surface area contributed by atoms with E-state index in [0.29, 0.717) is 0 Å². The van der Waals surface area contributed by atoms with Crippen molar-refractivity contribution in [1.29, 1.82) is 0 Å². The van der Waals surface area contributed by atoms with Gasteiger partial charge < -0.3 is 5.32 Å². The van der Waals surface area contributed by atoms with Crippen molar-refractivity contribution in [3.8, 4) is 0 Å². The normalized spacial score (nSPS) is 12.6. The highest BCUT2D eigenvalue weighted by Crippen LogP contribution is 2.33. The highest BCUT2D eigenvalue weighted by Gasteiger charge is 2.17. The first-order chi connectivity index (χ1) is 8.22. The van der Waals surface area contributed by atoms with Crippen LogP contribution in [0.25, 0.3) is 0 Å². The van der Waals surface area contributed by atoms with Gasteiger partial charge in [-0.1, -0.05) is 13.0 Å². The Hall–Kier alpha value is -0.710. The minimum atomic E-state index is 0.224. The molecule has 2 heterocycles. The van der Waals surface area contributed by atoms with E-state index < -0.39 is 0 Å². The summed E-state index contributed by atoms with van der Waals surface area (Å²) in [6.45, 7) is 5.13. The molecule has 0 bridgehead atoms. The van der Waals surface area contributed by atoms with Gasteiger partial charge in [0.2, 0.25) is 0 Å². The highest BCUT2D eigenvalue weighted by atomic mass is 79.9. The van der Waals surface area contributed by atoms with Crippen molar-refractivity contribution in [2.75, 3.05) is 6.54 Å². The molecule has 1 atom stereocenters. The van der Waals surface area contributed by atoms with E-state index in [9.17, 15) is 0 Å². The van der Waals surface area contributed by atoms with Crippen molar-refractivity contribution in [3.05, 3.63) is 50.4 Å². The van der Waals surface area contributed by atoms with Gasteiger partial charge in [0.05, 0.1) is 6.04 Å². The minimum Gasteiger partial charge on any atom is -0.306 e. The van der Waals surface area contributed by atoms with Crippen molar-refractivity contribution < 1.29 is 0 Å². The molecule has 0 fully saturated rings. The Kier molecular flexibility index (Phi) is 4.31. The first-order valence-electron chi connectivity index (χ1n) is 5.60. The fourth-order valence-electron chi connectivity index (χ4n) is 1.81. The van der Waals surface area contributed by atoms with Crippen molar-refractivity contribution in [3.63, 3.8) is 0 Å². The van der Waals surface area contributed by atoms with Gasteiger partial charge in [-0.3, -0.25) is 4.98 Å². The molecular weight excluding hydrogens is 296 g/mol. The number of nitrogens with one attached hydrogen (secondary N) is 1. The van der Waals surface area contributed by atoms with Crippen LogP contribution in [0, 0.1) is 6.92 Å². The molecule has 1 N–H and O–H groups in total. The van der Waals surface area contributed by atoms with E-state index in [1.54, 1.807) is 11.3 Å². The van der Waals surface area contributed by atoms with Gasteiger partial charge in [-0.15, -0.1) is 11.3 Å². The zero-order chi connectivity index (χ0) is 12.3. The summed E-state index contributed by atoms with van der Waals surface area (Å²) in [5, 5.41) is 5.61. The van der Waals surface area contributed by atoms with Gasteiger partial charge in [0.15, 0.2) is 0 Å². The van der Waals surface area contributed by atoms with Crippen LogP contribution in [0.5, 0.6) is 0 Å². The molecular formula is C13H15BrN2S. The average molecular weight is 311 g/mol. The van der Waals surface area contributed by atoms with Gasteiger partial charge in [0, 0.05) is 21.7 Å². The molecule has 2 aromatic heterocycles. The predicted molar refractivity (Wildman–Crippen MR) is 76.5 cm³/mol. The van der Waals surface area contributed by atoms with E-state index in [0.717, 1.165) is 11.0 Å². The van der Waals surface area contributed by atoms with Crippen LogP contribution in [0.15, 0.2) is 34.4 Å². The Morgan fingerprint density at radius 1 is 1.47 bits per heavy atom. The molecule has 0 amide bonds. The number of aryl methyl sites for hydroxylation is 1. The largest absolute Gasteiger partial charge is 0.306 e. The van der Waals surface area contributed by atoms with E-state index in [1.807, 2.05) is 12.4 Å². The Morgan fingerprint density at radius 3 is 2.88 bits per heavy atom. The molecule has 2 aromatic rings. The third-order valence-electron chi connectivity index (χ3n) is 2.54. The van der Waals surface area contributed by atoms with Gasteiger partial charge in [-0.05, 0) is 52.0 Å². The van der Waals surface area contributed by atoms with Gasteiger partial charge in [-0.2, -0.15) is 0 Å². The molecule has 0 spiro atoms. The molecule has 0 saturated heterocycles. The second kappa shape index (κ2) is 5.76. The monoisotopic (exact) mass is 310 g/mol. The molecule has 0 radical (unpaired) electrons. The third-order valence-corrected chi connectivity index (χ3v) is 4.48. The van der Waals surface area contributed by atoms with E-state index >= 15 is 0 Å². The average Bonchev–Trinajstić information content (AvgIpc) is 2.72. The number of rotatable bonds is 4. The molecule has 4 heteroatoms. The van der Waals surface area contributed by atoms with E-state index in [1.165, 1.54) is 16.0 Å². The van der Waals surface area contributed by atoms with E-state index in [-0.39, 0.29) is 6.04 Å².